The Labute approximate surface area is 140 Å². The average Bonchev–Trinajstić information content (AvgIpc) is 2.91. The summed E-state index contributed by atoms with van der Waals surface area (Å²) < 4.78 is 11.6. The Morgan fingerprint density at radius 1 is 1.17 bits per heavy atom. The number of fused-ring (bicyclic) bond motifs is 5. The Morgan fingerprint density at radius 3 is 2.83 bits per heavy atom. The summed E-state index contributed by atoms with van der Waals surface area (Å²) in [5, 5.41) is 0. The second-order valence-corrected chi connectivity index (χ2v) is 8.05. The van der Waals surface area contributed by atoms with E-state index in [-0.39, 0.29) is 0 Å². The fourth-order valence-electron chi connectivity index (χ4n) is 6.11. The van der Waals surface area contributed by atoms with Crippen molar-refractivity contribution in [2.75, 3.05) is 13.7 Å². The fourth-order valence-corrected chi connectivity index (χ4v) is 6.11. The van der Waals surface area contributed by atoms with Crippen LogP contribution >= 0.6 is 0 Å². The van der Waals surface area contributed by atoms with Crippen molar-refractivity contribution in [2.24, 2.45) is 17.3 Å². The Balaban J connectivity index is 1.62. The van der Waals surface area contributed by atoms with Crippen molar-refractivity contribution in [3.8, 4) is 5.75 Å². The summed E-state index contributed by atoms with van der Waals surface area (Å²) in [6.45, 7) is 5.53. The van der Waals surface area contributed by atoms with E-state index in [1.807, 2.05) is 0 Å². The normalized spacial score (nSPS) is 38.6. The van der Waals surface area contributed by atoms with Crippen LogP contribution in [0, 0.1) is 17.3 Å². The maximum atomic E-state index is 6.14. The molecule has 1 aromatic rings. The zero-order chi connectivity index (χ0) is 16.0. The van der Waals surface area contributed by atoms with Crippen molar-refractivity contribution in [2.45, 2.75) is 64.4 Å². The molecule has 0 saturated heterocycles. The molecule has 0 spiro atoms. The number of benzene rings is 1. The summed E-state index contributed by atoms with van der Waals surface area (Å²) in [5.74, 6) is 3.50. The van der Waals surface area contributed by atoms with Crippen LogP contribution < -0.4 is 4.74 Å². The van der Waals surface area contributed by atoms with Gasteiger partial charge in [0.2, 0.25) is 0 Å². The van der Waals surface area contributed by atoms with Gasteiger partial charge in [-0.25, -0.2) is 0 Å². The van der Waals surface area contributed by atoms with Gasteiger partial charge < -0.3 is 9.47 Å². The molecule has 5 atom stereocenters. The van der Waals surface area contributed by atoms with Gasteiger partial charge in [-0.15, -0.1) is 0 Å². The monoisotopic (exact) mass is 314 g/mol. The van der Waals surface area contributed by atoms with Gasteiger partial charge in [0.25, 0.3) is 0 Å². The van der Waals surface area contributed by atoms with Crippen LogP contribution in [0.5, 0.6) is 5.75 Å². The summed E-state index contributed by atoms with van der Waals surface area (Å²) in [5.41, 5.74) is 3.57. The van der Waals surface area contributed by atoms with Crippen LogP contribution in [0.2, 0.25) is 0 Å². The summed E-state index contributed by atoms with van der Waals surface area (Å²) in [6, 6.07) is 6.78. The summed E-state index contributed by atoms with van der Waals surface area (Å²) in [4.78, 5) is 0. The van der Waals surface area contributed by atoms with Gasteiger partial charge in [0.05, 0.1) is 13.2 Å². The Kier molecular flexibility index (Phi) is 3.91. The Bertz CT molecular complexity index is 581. The topological polar surface area (TPSA) is 18.5 Å². The molecule has 1 aromatic carbocycles. The Hall–Kier alpha value is -1.02. The number of rotatable bonds is 3. The molecule has 2 fully saturated rings. The highest BCUT2D eigenvalue weighted by Gasteiger charge is 2.55. The van der Waals surface area contributed by atoms with Crippen LogP contribution in [0.15, 0.2) is 18.2 Å². The highest BCUT2D eigenvalue weighted by Crippen LogP contribution is 2.61. The van der Waals surface area contributed by atoms with Gasteiger partial charge in [-0.3, -0.25) is 0 Å². The molecule has 3 aliphatic carbocycles. The summed E-state index contributed by atoms with van der Waals surface area (Å²) in [6.07, 6.45) is 8.37. The van der Waals surface area contributed by atoms with Crippen molar-refractivity contribution in [3.05, 3.63) is 29.3 Å². The van der Waals surface area contributed by atoms with Crippen molar-refractivity contribution in [3.63, 3.8) is 0 Å². The van der Waals surface area contributed by atoms with E-state index < -0.39 is 0 Å². The molecule has 0 bridgehead atoms. The predicted molar refractivity (Wildman–Crippen MR) is 93.0 cm³/mol. The number of aryl methyl sites for hydroxylation is 1. The van der Waals surface area contributed by atoms with Gasteiger partial charge in [-0.05, 0) is 91.9 Å². The standard InChI is InChI=1S/C21H30O2/c1-4-23-20-10-9-19-18-7-5-14-13-15(22-3)6-8-16(14)17(18)11-12-21(19,20)2/h6,8,13,17-20H,4-5,7,9-12H2,1-3H3/t17-,18+,19+,20+,21+/m1/s1. The van der Waals surface area contributed by atoms with E-state index in [1.165, 1.54) is 44.1 Å². The lowest BCUT2D eigenvalue weighted by Crippen LogP contribution is -2.44. The molecule has 0 amide bonds. The molecule has 3 aliphatic rings. The minimum Gasteiger partial charge on any atom is -0.497 e. The van der Waals surface area contributed by atoms with Crippen LogP contribution in [0.4, 0.5) is 0 Å². The smallest absolute Gasteiger partial charge is 0.119 e. The first kappa shape index (κ1) is 15.5. The average molecular weight is 314 g/mol. The van der Waals surface area contributed by atoms with E-state index in [0.717, 1.165) is 30.1 Å². The van der Waals surface area contributed by atoms with Gasteiger partial charge in [0, 0.05) is 6.61 Å². The fraction of sp³-hybridized carbons (Fsp3) is 0.714. The van der Waals surface area contributed by atoms with Crippen molar-refractivity contribution < 1.29 is 9.47 Å². The lowest BCUT2D eigenvalue weighted by atomic mass is 9.55. The molecule has 0 unspecified atom stereocenters. The highest BCUT2D eigenvalue weighted by atomic mass is 16.5. The molecule has 0 aromatic heterocycles. The summed E-state index contributed by atoms with van der Waals surface area (Å²) in [7, 11) is 1.77. The quantitative estimate of drug-likeness (QED) is 0.785. The van der Waals surface area contributed by atoms with Crippen molar-refractivity contribution in [1.82, 2.24) is 0 Å². The molecule has 0 N–H and O–H groups in total. The molecule has 0 radical (unpaired) electrons. The van der Waals surface area contributed by atoms with Gasteiger partial charge in [0.15, 0.2) is 0 Å². The molecule has 2 saturated carbocycles. The van der Waals surface area contributed by atoms with Gasteiger partial charge in [0.1, 0.15) is 5.75 Å². The van der Waals surface area contributed by atoms with Crippen LogP contribution in [-0.4, -0.2) is 19.8 Å². The maximum Gasteiger partial charge on any atom is 0.119 e. The highest BCUT2D eigenvalue weighted by molar-refractivity contribution is 5.40. The van der Waals surface area contributed by atoms with Gasteiger partial charge >= 0.3 is 0 Å². The zero-order valence-corrected chi connectivity index (χ0v) is 14.8. The lowest BCUT2D eigenvalue weighted by Gasteiger charge is -2.50. The molecule has 0 heterocycles. The van der Waals surface area contributed by atoms with E-state index in [2.05, 4.69) is 32.0 Å². The van der Waals surface area contributed by atoms with E-state index in [4.69, 9.17) is 9.47 Å². The third kappa shape index (κ3) is 2.33. The van der Waals surface area contributed by atoms with E-state index >= 15 is 0 Å². The lowest BCUT2D eigenvalue weighted by molar-refractivity contribution is -0.0600. The largest absolute Gasteiger partial charge is 0.497 e. The third-order valence-electron chi connectivity index (χ3n) is 7.21. The molecular weight excluding hydrogens is 284 g/mol. The van der Waals surface area contributed by atoms with E-state index in [1.54, 1.807) is 12.7 Å². The molecule has 2 nitrogen and oxygen atoms in total. The van der Waals surface area contributed by atoms with Crippen LogP contribution in [0.3, 0.4) is 0 Å². The molecular formula is C21H30O2. The van der Waals surface area contributed by atoms with Gasteiger partial charge in [-0.1, -0.05) is 13.0 Å². The second kappa shape index (κ2) is 5.81. The Morgan fingerprint density at radius 2 is 2.04 bits per heavy atom. The number of ether oxygens (including phenoxy) is 2. The molecule has 23 heavy (non-hydrogen) atoms. The molecule has 0 aliphatic heterocycles. The minimum atomic E-state index is 0.418. The van der Waals surface area contributed by atoms with E-state index in [9.17, 15) is 0 Å². The maximum absolute atomic E-state index is 6.14. The number of methoxy groups -OCH3 is 1. The first-order valence-electron chi connectivity index (χ1n) is 9.45. The zero-order valence-electron chi connectivity index (χ0n) is 14.8. The predicted octanol–water partition coefficient (Wildman–Crippen LogP) is 4.96. The SMILES string of the molecule is CCO[C@H]1CC[C@H]2[C@H]3CCc4cc(OC)ccc4[C@H]3CC[C@]12C. The van der Waals surface area contributed by atoms with Crippen molar-refractivity contribution in [1.29, 1.82) is 0 Å². The number of hydrogen-bond donors (Lipinski definition) is 0. The molecule has 4 rings (SSSR count). The first-order chi connectivity index (χ1) is 11.2. The summed E-state index contributed by atoms with van der Waals surface area (Å²) >= 11 is 0. The van der Waals surface area contributed by atoms with Crippen LogP contribution in [-0.2, 0) is 11.2 Å². The number of hydrogen-bond acceptors (Lipinski definition) is 2. The van der Waals surface area contributed by atoms with E-state index in [0.29, 0.717) is 11.5 Å². The van der Waals surface area contributed by atoms with Gasteiger partial charge in [-0.2, -0.15) is 0 Å². The van der Waals surface area contributed by atoms with Crippen molar-refractivity contribution >= 4 is 0 Å². The van der Waals surface area contributed by atoms with Crippen LogP contribution in [0.25, 0.3) is 0 Å². The third-order valence-corrected chi connectivity index (χ3v) is 7.21. The molecule has 2 heteroatoms. The van der Waals surface area contributed by atoms with Crippen LogP contribution in [0.1, 0.15) is 63.0 Å². The minimum absolute atomic E-state index is 0.418. The molecule has 126 valence electrons. The first-order valence-corrected chi connectivity index (χ1v) is 9.45. The second-order valence-electron chi connectivity index (χ2n) is 8.05.